The third-order valence-corrected chi connectivity index (χ3v) is 3.60. The Morgan fingerprint density at radius 1 is 1.33 bits per heavy atom. The van der Waals surface area contributed by atoms with Gasteiger partial charge in [-0.3, -0.25) is 9.59 Å². The Hall–Kier alpha value is -1.88. The molecular weight excluding hydrogens is 270 g/mol. The molecule has 1 heterocycles. The van der Waals surface area contributed by atoms with Crippen LogP contribution in [-0.2, 0) is 20.7 Å². The zero-order valence-corrected chi connectivity index (χ0v) is 12.0. The van der Waals surface area contributed by atoms with E-state index in [0.717, 1.165) is 18.4 Å². The first-order valence-electron chi connectivity index (χ1n) is 7.33. The molecule has 1 unspecified atom stereocenters. The molecule has 0 bridgehead atoms. The number of ether oxygens (including phenoxy) is 1. The van der Waals surface area contributed by atoms with E-state index in [2.05, 4.69) is 5.32 Å². The summed E-state index contributed by atoms with van der Waals surface area (Å²) in [6.07, 6.45) is 2.35. The molecule has 0 aromatic heterocycles. The molecule has 0 saturated carbocycles. The lowest BCUT2D eigenvalue weighted by molar-refractivity contribution is -0.138. The van der Waals surface area contributed by atoms with Crippen molar-refractivity contribution in [1.82, 2.24) is 5.32 Å². The number of carbonyl (C=O) groups excluding carboxylic acids is 1. The molecular formula is C16H21NO4. The van der Waals surface area contributed by atoms with E-state index in [1.165, 1.54) is 0 Å². The van der Waals surface area contributed by atoms with Crippen molar-refractivity contribution in [2.45, 2.75) is 44.2 Å². The number of hydrogen-bond donors (Lipinski definition) is 2. The molecule has 1 fully saturated rings. The van der Waals surface area contributed by atoms with Crippen LogP contribution in [0.4, 0.5) is 0 Å². The maximum atomic E-state index is 12.1. The second-order valence-electron chi connectivity index (χ2n) is 5.33. The number of carbonyl (C=O) groups is 2. The second-order valence-corrected chi connectivity index (χ2v) is 5.33. The highest BCUT2D eigenvalue weighted by Crippen LogP contribution is 2.14. The maximum Gasteiger partial charge on any atom is 0.303 e. The Morgan fingerprint density at radius 2 is 2.10 bits per heavy atom. The summed E-state index contributed by atoms with van der Waals surface area (Å²) in [6, 6.07) is 9.58. The molecule has 0 spiro atoms. The number of rotatable bonds is 7. The van der Waals surface area contributed by atoms with Crippen LogP contribution in [0.1, 0.15) is 31.2 Å². The lowest BCUT2D eigenvalue weighted by Crippen LogP contribution is -2.42. The number of amides is 1. The van der Waals surface area contributed by atoms with Crippen molar-refractivity contribution in [3.05, 3.63) is 35.9 Å². The van der Waals surface area contributed by atoms with Gasteiger partial charge in [0.25, 0.3) is 0 Å². The molecule has 0 aliphatic carbocycles. The van der Waals surface area contributed by atoms with Crippen molar-refractivity contribution in [2.75, 3.05) is 6.61 Å². The summed E-state index contributed by atoms with van der Waals surface area (Å²) >= 11 is 0. The molecule has 5 nitrogen and oxygen atoms in total. The molecule has 1 saturated heterocycles. The number of benzene rings is 1. The minimum atomic E-state index is -0.848. The van der Waals surface area contributed by atoms with Crippen molar-refractivity contribution in [3.63, 3.8) is 0 Å². The standard InChI is InChI=1S/C16H21NO4/c18-15(19)9-8-13(11-12-5-2-1-3-6-12)17-16(20)14-7-4-10-21-14/h1-3,5-6,13-14H,4,7-11H2,(H,17,20)(H,18,19)/t13?,14-/m0/s1. The minimum absolute atomic E-state index is 0.0449. The Bertz CT molecular complexity index is 468. The fourth-order valence-electron chi connectivity index (χ4n) is 2.50. The van der Waals surface area contributed by atoms with Gasteiger partial charge in [-0.2, -0.15) is 0 Å². The van der Waals surface area contributed by atoms with Crippen LogP contribution in [0.5, 0.6) is 0 Å². The topological polar surface area (TPSA) is 75.6 Å². The summed E-state index contributed by atoms with van der Waals surface area (Å²) in [5, 5.41) is 11.8. The normalized spacial score (nSPS) is 19.1. The molecule has 2 N–H and O–H groups in total. The van der Waals surface area contributed by atoms with Crippen LogP contribution < -0.4 is 5.32 Å². The molecule has 1 aromatic rings. The Balaban J connectivity index is 1.94. The van der Waals surface area contributed by atoms with Gasteiger partial charge in [0.1, 0.15) is 6.10 Å². The smallest absolute Gasteiger partial charge is 0.303 e. The van der Waals surface area contributed by atoms with E-state index in [-0.39, 0.29) is 24.5 Å². The number of carboxylic acids is 1. The average Bonchev–Trinajstić information content (AvgIpc) is 3.00. The van der Waals surface area contributed by atoms with Crippen molar-refractivity contribution >= 4 is 11.9 Å². The minimum Gasteiger partial charge on any atom is -0.481 e. The van der Waals surface area contributed by atoms with E-state index in [1.54, 1.807) is 0 Å². The largest absolute Gasteiger partial charge is 0.481 e. The third kappa shape index (κ3) is 5.19. The first-order valence-corrected chi connectivity index (χ1v) is 7.33. The molecule has 5 heteroatoms. The van der Waals surface area contributed by atoms with Gasteiger partial charge in [0.2, 0.25) is 5.91 Å². The molecule has 1 aliphatic rings. The number of carboxylic acid groups (broad SMARTS) is 1. The van der Waals surface area contributed by atoms with Gasteiger partial charge < -0.3 is 15.2 Å². The van der Waals surface area contributed by atoms with Crippen LogP contribution in [0.2, 0.25) is 0 Å². The summed E-state index contributed by atoms with van der Waals surface area (Å²) < 4.78 is 5.36. The summed E-state index contributed by atoms with van der Waals surface area (Å²) in [4.78, 5) is 22.9. The third-order valence-electron chi connectivity index (χ3n) is 3.60. The van der Waals surface area contributed by atoms with E-state index in [0.29, 0.717) is 19.4 Å². The van der Waals surface area contributed by atoms with Gasteiger partial charge in [-0.05, 0) is 31.2 Å². The Kier molecular flexibility index (Phi) is 5.75. The number of aliphatic carboxylic acids is 1. The lowest BCUT2D eigenvalue weighted by atomic mass is 10.0. The Morgan fingerprint density at radius 3 is 2.71 bits per heavy atom. The van der Waals surface area contributed by atoms with Crippen LogP contribution in [0.15, 0.2) is 30.3 Å². The zero-order chi connectivity index (χ0) is 15.1. The first-order chi connectivity index (χ1) is 10.1. The monoisotopic (exact) mass is 291 g/mol. The van der Waals surface area contributed by atoms with E-state index in [4.69, 9.17) is 9.84 Å². The van der Waals surface area contributed by atoms with Gasteiger partial charge >= 0.3 is 5.97 Å². The highest BCUT2D eigenvalue weighted by molar-refractivity contribution is 5.81. The first kappa shape index (κ1) is 15.5. The number of hydrogen-bond acceptors (Lipinski definition) is 3. The molecule has 1 aliphatic heterocycles. The summed E-state index contributed by atoms with van der Waals surface area (Å²) in [7, 11) is 0. The molecule has 21 heavy (non-hydrogen) atoms. The summed E-state index contributed by atoms with van der Waals surface area (Å²) in [5.41, 5.74) is 1.08. The quantitative estimate of drug-likeness (QED) is 0.802. The van der Waals surface area contributed by atoms with Crippen molar-refractivity contribution in [1.29, 1.82) is 0 Å². The fourth-order valence-corrected chi connectivity index (χ4v) is 2.50. The van der Waals surface area contributed by atoms with Crippen molar-refractivity contribution in [2.24, 2.45) is 0 Å². The van der Waals surface area contributed by atoms with E-state index in [1.807, 2.05) is 30.3 Å². The summed E-state index contributed by atoms with van der Waals surface area (Å²) in [6.45, 7) is 0.622. The average molecular weight is 291 g/mol. The fraction of sp³-hybridized carbons (Fsp3) is 0.500. The molecule has 0 radical (unpaired) electrons. The van der Waals surface area contributed by atoms with E-state index >= 15 is 0 Å². The maximum absolute atomic E-state index is 12.1. The highest BCUT2D eigenvalue weighted by atomic mass is 16.5. The molecule has 1 amide bonds. The van der Waals surface area contributed by atoms with Gasteiger partial charge in [-0.15, -0.1) is 0 Å². The van der Waals surface area contributed by atoms with Gasteiger partial charge in [0.15, 0.2) is 0 Å². The molecule has 2 rings (SSSR count). The molecule has 114 valence electrons. The Labute approximate surface area is 124 Å². The van der Waals surface area contributed by atoms with E-state index < -0.39 is 5.97 Å². The van der Waals surface area contributed by atoms with Gasteiger partial charge in [0.05, 0.1) is 0 Å². The van der Waals surface area contributed by atoms with Crippen molar-refractivity contribution in [3.8, 4) is 0 Å². The predicted molar refractivity (Wildman–Crippen MR) is 77.9 cm³/mol. The van der Waals surface area contributed by atoms with Crippen LogP contribution in [-0.4, -0.2) is 35.7 Å². The predicted octanol–water partition coefficient (Wildman–Crippen LogP) is 1.76. The number of nitrogens with one attached hydrogen (secondary N) is 1. The van der Waals surface area contributed by atoms with Crippen LogP contribution in [0, 0.1) is 0 Å². The van der Waals surface area contributed by atoms with E-state index in [9.17, 15) is 9.59 Å². The SMILES string of the molecule is O=C(O)CCC(Cc1ccccc1)NC(=O)[C@@H]1CCCO1. The lowest BCUT2D eigenvalue weighted by Gasteiger charge is -2.20. The van der Waals surface area contributed by atoms with Gasteiger partial charge in [-0.1, -0.05) is 30.3 Å². The molecule has 1 aromatic carbocycles. The van der Waals surface area contributed by atoms with Gasteiger partial charge in [-0.25, -0.2) is 0 Å². The van der Waals surface area contributed by atoms with Crippen molar-refractivity contribution < 1.29 is 19.4 Å². The molecule has 2 atom stereocenters. The van der Waals surface area contributed by atoms with Crippen LogP contribution >= 0.6 is 0 Å². The van der Waals surface area contributed by atoms with Gasteiger partial charge in [0, 0.05) is 19.1 Å². The van der Waals surface area contributed by atoms with Crippen LogP contribution in [0.25, 0.3) is 0 Å². The highest BCUT2D eigenvalue weighted by Gasteiger charge is 2.25. The van der Waals surface area contributed by atoms with Crippen LogP contribution in [0.3, 0.4) is 0 Å². The zero-order valence-electron chi connectivity index (χ0n) is 12.0. The second kappa shape index (κ2) is 7.78. The summed E-state index contributed by atoms with van der Waals surface area (Å²) in [5.74, 6) is -0.974.